The summed E-state index contributed by atoms with van der Waals surface area (Å²) in [6, 6.07) is 7.48. The standard InChI is InChI=1S/C18H28N2O4.ClH/c1-3-24-15-6-4-14(5-7-15)18(8-10-23-11-9-18)13-20-17(21)16(19)12-22-2;/h4-7,16H,3,8-13,19H2,1-2H3,(H,20,21);1H. The molecule has 1 aliphatic rings. The highest BCUT2D eigenvalue weighted by Crippen LogP contribution is 2.35. The van der Waals surface area contributed by atoms with Gasteiger partial charge in [0.05, 0.1) is 13.2 Å². The highest BCUT2D eigenvalue weighted by molar-refractivity contribution is 5.85. The molecule has 3 N–H and O–H groups in total. The Kier molecular flexibility index (Phi) is 9.21. The molecule has 6 nitrogen and oxygen atoms in total. The van der Waals surface area contributed by atoms with E-state index in [0.29, 0.717) is 26.4 Å². The van der Waals surface area contributed by atoms with Gasteiger partial charge in [-0.25, -0.2) is 0 Å². The van der Waals surface area contributed by atoms with E-state index in [0.717, 1.165) is 18.6 Å². The van der Waals surface area contributed by atoms with Crippen molar-refractivity contribution in [1.29, 1.82) is 0 Å². The Bertz CT molecular complexity index is 518. The minimum atomic E-state index is -0.646. The number of benzene rings is 1. The first-order valence-electron chi connectivity index (χ1n) is 8.44. The number of hydrogen-bond donors (Lipinski definition) is 2. The largest absolute Gasteiger partial charge is 0.494 e. The molecule has 1 aromatic carbocycles. The number of amides is 1. The summed E-state index contributed by atoms with van der Waals surface area (Å²) in [6.45, 7) is 4.74. The van der Waals surface area contributed by atoms with Crippen LogP contribution in [0.5, 0.6) is 5.75 Å². The zero-order chi connectivity index (χ0) is 17.4. The molecular weight excluding hydrogens is 344 g/mol. The third-order valence-electron chi connectivity index (χ3n) is 4.51. The zero-order valence-corrected chi connectivity index (χ0v) is 15.8. The number of rotatable bonds is 8. The molecule has 1 atom stereocenters. The van der Waals surface area contributed by atoms with Crippen LogP contribution in [0, 0.1) is 0 Å². The Morgan fingerprint density at radius 1 is 1.32 bits per heavy atom. The van der Waals surface area contributed by atoms with E-state index in [4.69, 9.17) is 19.9 Å². The van der Waals surface area contributed by atoms with E-state index in [2.05, 4.69) is 17.4 Å². The summed E-state index contributed by atoms with van der Waals surface area (Å²) in [4.78, 5) is 12.1. The summed E-state index contributed by atoms with van der Waals surface area (Å²) in [6.07, 6.45) is 1.72. The first-order valence-corrected chi connectivity index (χ1v) is 8.44. The number of nitrogens with two attached hydrogens (primary N) is 1. The molecule has 0 aromatic heterocycles. The molecule has 1 unspecified atom stereocenters. The van der Waals surface area contributed by atoms with E-state index < -0.39 is 6.04 Å². The second kappa shape index (κ2) is 10.6. The molecule has 1 aliphatic heterocycles. The van der Waals surface area contributed by atoms with Crippen molar-refractivity contribution in [3.63, 3.8) is 0 Å². The quantitative estimate of drug-likeness (QED) is 0.725. The summed E-state index contributed by atoms with van der Waals surface area (Å²) in [5.74, 6) is 0.670. The maximum absolute atomic E-state index is 12.1. The van der Waals surface area contributed by atoms with E-state index in [-0.39, 0.29) is 30.3 Å². The van der Waals surface area contributed by atoms with Crippen LogP contribution in [0.4, 0.5) is 0 Å². The number of carbonyl (C=O) groups excluding carboxylic acids is 1. The maximum Gasteiger partial charge on any atom is 0.239 e. The van der Waals surface area contributed by atoms with Gasteiger partial charge in [0.2, 0.25) is 5.91 Å². The number of carbonyl (C=O) groups is 1. The molecule has 0 radical (unpaired) electrons. The first-order chi connectivity index (χ1) is 11.6. The van der Waals surface area contributed by atoms with Crippen molar-refractivity contribution in [2.45, 2.75) is 31.2 Å². The Labute approximate surface area is 155 Å². The molecule has 7 heteroatoms. The molecule has 2 rings (SSSR count). The fourth-order valence-electron chi connectivity index (χ4n) is 3.04. The van der Waals surface area contributed by atoms with E-state index in [1.165, 1.54) is 12.7 Å². The Hall–Kier alpha value is -1.34. The number of hydrogen-bond acceptors (Lipinski definition) is 5. The Morgan fingerprint density at radius 2 is 1.96 bits per heavy atom. The van der Waals surface area contributed by atoms with Crippen LogP contribution >= 0.6 is 12.4 Å². The van der Waals surface area contributed by atoms with Crippen LogP contribution < -0.4 is 15.8 Å². The smallest absolute Gasteiger partial charge is 0.239 e. The maximum atomic E-state index is 12.1. The van der Waals surface area contributed by atoms with Crippen molar-refractivity contribution in [3.05, 3.63) is 29.8 Å². The first kappa shape index (κ1) is 21.7. The molecular formula is C18H29ClN2O4. The predicted molar refractivity (Wildman–Crippen MR) is 99.5 cm³/mol. The van der Waals surface area contributed by atoms with Crippen LogP contribution in [-0.4, -0.2) is 52.0 Å². The summed E-state index contributed by atoms with van der Waals surface area (Å²) in [7, 11) is 1.53. The molecule has 0 spiro atoms. The van der Waals surface area contributed by atoms with Gasteiger partial charge in [0, 0.05) is 32.3 Å². The van der Waals surface area contributed by atoms with Crippen LogP contribution in [0.1, 0.15) is 25.3 Å². The molecule has 0 bridgehead atoms. The average Bonchev–Trinajstić information content (AvgIpc) is 2.61. The highest BCUT2D eigenvalue weighted by Gasteiger charge is 2.35. The van der Waals surface area contributed by atoms with E-state index >= 15 is 0 Å². The summed E-state index contributed by atoms with van der Waals surface area (Å²) in [5.41, 5.74) is 6.86. The SMILES string of the molecule is CCOc1ccc(C2(CNC(=O)C(N)COC)CCOCC2)cc1.Cl. The predicted octanol–water partition coefficient (Wildman–Crippen LogP) is 1.65. The lowest BCUT2D eigenvalue weighted by molar-refractivity contribution is -0.124. The van der Waals surface area contributed by atoms with E-state index in [1.807, 2.05) is 19.1 Å². The van der Waals surface area contributed by atoms with Crippen LogP contribution in [-0.2, 0) is 19.7 Å². The van der Waals surface area contributed by atoms with E-state index in [9.17, 15) is 4.79 Å². The lowest BCUT2D eigenvalue weighted by atomic mass is 9.74. The fraction of sp³-hybridized carbons (Fsp3) is 0.611. The highest BCUT2D eigenvalue weighted by atomic mass is 35.5. The number of halogens is 1. The normalized spacial score (nSPS) is 17.2. The van der Waals surface area contributed by atoms with Crippen molar-refractivity contribution in [3.8, 4) is 5.75 Å². The van der Waals surface area contributed by atoms with Gasteiger partial charge < -0.3 is 25.3 Å². The van der Waals surface area contributed by atoms with Crippen molar-refractivity contribution in [2.75, 3.05) is 40.1 Å². The average molecular weight is 373 g/mol. The van der Waals surface area contributed by atoms with Gasteiger partial charge in [-0.2, -0.15) is 0 Å². The topological polar surface area (TPSA) is 82.8 Å². The summed E-state index contributed by atoms with van der Waals surface area (Å²) in [5, 5.41) is 2.99. The molecule has 1 aromatic rings. The summed E-state index contributed by atoms with van der Waals surface area (Å²) >= 11 is 0. The van der Waals surface area contributed by atoms with Gasteiger partial charge in [-0.3, -0.25) is 4.79 Å². The van der Waals surface area contributed by atoms with Gasteiger partial charge in [0.1, 0.15) is 11.8 Å². The van der Waals surface area contributed by atoms with Gasteiger partial charge in [-0.05, 0) is 37.5 Å². The lowest BCUT2D eigenvalue weighted by Crippen LogP contribution is -2.50. The number of ether oxygens (including phenoxy) is 3. The molecule has 142 valence electrons. The minimum absolute atomic E-state index is 0. The molecule has 1 heterocycles. The van der Waals surface area contributed by atoms with Crippen LogP contribution in [0.25, 0.3) is 0 Å². The van der Waals surface area contributed by atoms with Gasteiger partial charge in [-0.1, -0.05) is 12.1 Å². The molecule has 0 aliphatic carbocycles. The van der Waals surface area contributed by atoms with Crippen molar-refractivity contribution in [1.82, 2.24) is 5.32 Å². The second-order valence-corrected chi connectivity index (χ2v) is 6.13. The molecule has 1 amide bonds. The van der Waals surface area contributed by atoms with Crippen molar-refractivity contribution < 1.29 is 19.0 Å². The molecule has 25 heavy (non-hydrogen) atoms. The van der Waals surface area contributed by atoms with E-state index in [1.54, 1.807) is 0 Å². The second-order valence-electron chi connectivity index (χ2n) is 6.13. The summed E-state index contributed by atoms with van der Waals surface area (Å²) < 4.78 is 16.0. The van der Waals surface area contributed by atoms with Gasteiger partial charge >= 0.3 is 0 Å². The molecule has 1 fully saturated rings. The lowest BCUT2D eigenvalue weighted by Gasteiger charge is -2.38. The fourth-order valence-corrected chi connectivity index (χ4v) is 3.04. The Balaban J connectivity index is 0.00000312. The Morgan fingerprint density at radius 3 is 2.52 bits per heavy atom. The van der Waals surface area contributed by atoms with Gasteiger partial charge in [0.15, 0.2) is 0 Å². The van der Waals surface area contributed by atoms with Crippen molar-refractivity contribution in [2.24, 2.45) is 5.73 Å². The van der Waals surface area contributed by atoms with Gasteiger partial charge in [0.25, 0.3) is 0 Å². The number of methoxy groups -OCH3 is 1. The monoisotopic (exact) mass is 372 g/mol. The zero-order valence-electron chi connectivity index (χ0n) is 15.0. The molecule has 0 saturated carbocycles. The van der Waals surface area contributed by atoms with Gasteiger partial charge in [-0.15, -0.1) is 12.4 Å². The third kappa shape index (κ3) is 5.85. The van der Waals surface area contributed by atoms with Crippen LogP contribution in [0.3, 0.4) is 0 Å². The van der Waals surface area contributed by atoms with Crippen molar-refractivity contribution >= 4 is 18.3 Å². The van der Waals surface area contributed by atoms with Crippen LogP contribution in [0.15, 0.2) is 24.3 Å². The number of nitrogens with one attached hydrogen (secondary N) is 1. The van der Waals surface area contributed by atoms with Crippen LogP contribution in [0.2, 0.25) is 0 Å². The minimum Gasteiger partial charge on any atom is -0.494 e. The molecule has 1 saturated heterocycles. The third-order valence-corrected chi connectivity index (χ3v) is 4.51.